The molecule has 5 heteroatoms. The van der Waals surface area contributed by atoms with Crippen molar-refractivity contribution in [1.29, 1.82) is 0 Å². The van der Waals surface area contributed by atoms with Crippen molar-refractivity contribution in [2.45, 2.75) is 19.3 Å². The summed E-state index contributed by atoms with van der Waals surface area (Å²) >= 11 is 0. The van der Waals surface area contributed by atoms with Crippen LogP contribution in [0.3, 0.4) is 0 Å². The van der Waals surface area contributed by atoms with Crippen molar-refractivity contribution >= 4 is 17.7 Å². The number of ketones is 1. The molecule has 1 aromatic rings. The first-order valence-corrected chi connectivity index (χ1v) is 5.45. The van der Waals surface area contributed by atoms with Crippen molar-refractivity contribution < 1.29 is 19.5 Å². The minimum atomic E-state index is -1.60. The Morgan fingerprint density at radius 3 is 2.22 bits per heavy atom. The van der Waals surface area contributed by atoms with Crippen LogP contribution in [0.5, 0.6) is 0 Å². The SMILES string of the molecule is CC(C)(C(=O)CNC(=O)C(=O)O)c1ccccc1. The molecule has 0 atom stereocenters. The molecule has 0 spiro atoms. The van der Waals surface area contributed by atoms with Gasteiger partial charge in [-0.1, -0.05) is 30.3 Å². The molecule has 0 aliphatic heterocycles. The lowest BCUT2D eigenvalue weighted by Gasteiger charge is -2.23. The van der Waals surface area contributed by atoms with E-state index in [0.29, 0.717) is 0 Å². The van der Waals surface area contributed by atoms with Gasteiger partial charge >= 0.3 is 11.9 Å². The lowest BCUT2D eigenvalue weighted by atomic mass is 9.80. The number of rotatable bonds is 4. The van der Waals surface area contributed by atoms with Gasteiger partial charge in [0.05, 0.1) is 12.0 Å². The van der Waals surface area contributed by atoms with E-state index < -0.39 is 17.3 Å². The van der Waals surface area contributed by atoms with E-state index >= 15 is 0 Å². The molecule has 1 amide bonds. The Balaban J connectivity index is 2.72. The van der Waals surface area contributed by atoms with Crippen molar-refractivity contribution in [3.8, 4) is 0 Å². The molecule has 0 aliphatic carbocycles. The Labute approximate surface area is 105 Å². The summed E-state index contributed by atoms with van der Waals surface area (Å²) < 4.78 is 0. The van der Waals surface area contributed by atoms with Crippen LogP contribution < -0.4 is 5.32 Å². The maximum Gasteiger partial charge on any atom is 0.394 e. The third-order valence-electron chi connectivity index (χ3n) is 2.80. The van der Waals surface area contributed by atoms with Crippen LogP contribution >= 0.6 is 0 Å². The van der Waals surface area contributed by atoms with Gasteiger partial charge in [0.2, 0.25) is 0 Å². The zero-order valence-electron chi connectivity index (χ0n) is 10.3. The van der Waals surface area contributed by atoms with Crippen molar-refractivity contribution in [3.05, 3.63) is 35.9 Å². The average Bonchev–Trinajstić information content (AvgIpc) is 2.36. The van der Waals surface area contributed by atoms with Gasteiger partial charge in [-0.2, -0.15) is 0 Å². The summed E-state index contributed by atoms with van der Waals surface area (Å²) in [5.74, 6) is -3.02. The second-order valence-corrected chi connectivity index (χ2v) is 4.40. The summed E-state index contributed by atoms with van der Waals surface area (Å²) in [6, 6.07) is 9.12. The Hall–Kier alpha value is -2.17. The fourth-order valence-electron chi connectivity index (χ4n) is 1.47. The number of Topliss-reactive ketones (excluding diaryl/α,β-unsaturated/α-hetero) is 1. The number of amides is 1. The Morgan fingerprint density at radius 2 is 1.72 bits per heavy atom. The monoisotopic (exact) mass is 249 g/mol. The summed E-state index contributed by atoms with van der Waals surface area (Å²) in [5, 5.41) is 10.5. The van der Waals surface area contributed by atoms with Crippen LogP contribution in [0.1, 0.15) is 19.4 Å². The van der Waals surface area contributed by atoms with E-state index in [2.05, 4.69) is 5.32 Å². The molecule has 0 saturated carbocycles. The van der Waals surface area contributed by atoms with Gasteiger partial charge in [-0.25, -0.2) is 4.79 Å². The van der Waals surface area contributed by atoms with E-state index in [4.69, 9.17) is 5.11 Å². The molecule has 96 valence electrons. The van der Waals surface area contributed by atoms with E-state index in [1.165, 1.54) is 0 Å². The summed E-state index contributed by atoms with van der Waals surface area (Å²) in [6.07, 6.45) is 0. The van der Waals surface area contributed by atoms with Crippen LogP contribution in [0.2, 0.25) is 0 Å². The second-order valence-electron chi connectivity index (χ2n) is 4.40. The van der Waals surface area contributed by atoms with E-state index in [1.54, 1.807) is 13.8 Å². The lowest BCUT2D eigenvalue weighted by molar-refractivity contribution is -0.150. The standard InChI is InChI=1S/C13H15NO4/c1-13(2,9-6-4-3-5-7-9)10(15)8-14-11(16)12(17)18/h3-7H,8H2,1-2H3,(H,14,16)(H,17,18). The topological polar surface area (TPSA) is 83.5 Å². The first-order valence-electron chi connectivity index (χ1n) is 5.45. The molecule has 18 heavy (non-hydrogen) atoms. The first kappa shape index (κ1) is 13.9. The van der Waals surface area contributed by atoms with Gasteiger partial charge in [0.25, 0.3) is 0 Å². The molecule has 0 saturated heterocycles. The number of hydrogen-bond acceptors (Lipinski definition) is 3. The molecule has 0 unspecified atom stereocenters. The first-order chi connectivity index (χ1) is 8.35. The zero-order valence-corrected chi connectivity index (χ0v) is 10.3. The summed E-state index contributed by atoms with van der Waals surface area (Å²) in [5.41, 5.74) is 0.0483. The van der Waals surface area contributed by atoms with Gasteiger partial charge in [0, 0.05) is 0 Å². The summed E-state index contributed by atoms with van der Waals surface area (Å²) in [4.78, 5) is 33.1. The maximum absolute atomic E-state index is 12.0. The minimum Gasteiger partial charge on any atom is -0.474 e. The highest BCUT2D eigenvalue weighted by molar-refractivity contribution is 6.31. The third kappa shape index (κ3) is 3.16. The maximum atomic E-state index is 12.0. The highest BCUT2D eigenvalue weighted by atomic mass is 16.4. The van der Waals surface area contributed by atoms with Crippen LogP contribution in [0.15, 0.2) is 30.3 Å². The van der Waals surface area contributed by atoms with Crippen molar-refractivity contribution in [1.82, 2.24) is 5.32 Å². The number of carboxylic acid groups (broad SMARTS) is 1. The smallest absolute Gasteiger partial charge is 0.394 e. The largest absolute Gasteiger partial charge is 0.474 e. The number of benzene rings is 1. The molecular weight excluding hydrogens is 234 g/mol. The molecule has 0 bridgehead atoms. The summed E-state index contributed by atoms with van der Waals surface area (Å²) in [7, 11) is 0. The van der Waals surface area contributed by atoms with Gasteiger partial charge in [0.15, 0.2) is 5.78 Å². The molecule has 2 N–H and O–H groups in total. The normalized spacial score (nSPS) is 10.8. The predicted molar refractivity (Wildman–Crippen MR) is 65.1 cm³/mol. The van der Waals surface area contributed by atoms with Crippen molar-refractivity contribution in [3.63, 3.8) is 0 Å². The zero-order chi connectivity index (χ0) is 13.8. The van der Waals surface area contributed by atoms with Crippen LogP contribution in [-0.2, 0) is 19.8 Å². The molecular formula is C13H15NO4. The quantitative estimate of drug-likeness (QED) is 0.771. The van der Waals surface area contributed by atoms with Crippen LogP contribution in [0.25, 0.3) is 0 Å². The van der Waals surface area contributed by atoms with Gasteiger partial charge < -0.3 is 10.4 Å². The van der Waals surface area contributed by atoms with Gasteiger partial charge in [-0.15, -0.1) is 0 Å². The van der Waals surface area contributed by atoms with Crippen LogP contribution in [-0.4, -0.2) is 29.3 Å². The Morgan fingerprint density at radius 1 is 1.17 bits per heavy atom. The van der Waals surface area contributed by atoms with Crippen molar-refractivity contribution in [2.24, 2.45) is 0 Å². The number of carbonyl (C=O) groups is 3. The van der Waals surface area contributed by atoms with Gasteiger partial charge in [-0.3, -0.25) is 9.59 Å². The van der Waals surface area contributed by atoms with E-state index in [9.17, 15) is 14.4 Å². The second kappa shape index (κ2) is 5.44. The molecule has 5 nitrogen and oxygen atoms in total. The van der Waals surface area contributed by atoms with E-state index in [-0.39, 0.29) is 12.3 Å². The number of carboxylic acids is 1. The fourth-order valence-corrected chi connectivity index (χ4v) is 1.47. The fraction of sp³-hybridized carbons (Fsp3) is 0.308. The highest BCUT2D eigenvalue weighted by Crippen LogP contribution is 2.23. The van der Waals surface area contributed by atoms with Crippen molar-refractivity contribution in [2.75, 3.05) is 6.54 Å². The lowest BCUT2D eigenvalue weighted by Crippen LogP contribution is -2.41. The molecule has 1 rings (SSSR count). The molecule has 0 radical (unpaired) electrons. The predicted octanol–water partition coefficient (Wildman–Crippen LogP) is 0.734. The van der Waals surface area contributed by atoms with Crippen LogP contribution in [0, 0.1) is 0 Å². The molecule has 1 aromatic carbocycles. The van der Waals surface area contributed by atoms with Gasteiger partial charge in [0.1, 0.15) is 0 Å². The summed E-state index contributed by atoms with van der Waals surface area (Å²) in [6.45, 7) is 3.17. The van der Waals surface area contributed by atoms with E-state index in [0.717, 1.165) is 5.56 Å². The molecule has 0 heterocycles. The Kier molecular flexibility index (Phi) is 4.20. The third-order valence-corrected chi connectivity index (χ3v) is 2.80. The number of aliphatic carboxylic acids is 1. The molecule has 0 fully saturated rings. The number of carbonyl (C=O) groups excluding carboxylic acids is 2. The van der Waals surface area contributed by atoms with Gasteiger partial charge in [-0.05, 0) is 19.4 Å². The average molecular weight is 249 g/mol. The minimum absolute atomic E-state index is 0.247. The van der Waals surface area contributed by atoms with E-state index in [1.807, 2.05) is 30.3 Å². The van der Waals surface area contributed by atoms with Crippen LogP contribution in [0.4, 0.5) is 0 Å². The number of nitrogens with one attached hydrogen (secondary N) is 1. The number of hydrogen-bond donors (Lipinski definition) is 2. The molecule has 0 aromatic heterocycles. The Bertz CT molecular complexity index is 465. The molecule has 0 aliphatic rings. The highest BCUT2D eigenvalue weighted by Gasteiger charge is 2.29.